The first-order chi connectivity index (χ1) is 10.2. The summed E-state index contributed by atoms with van der Waals surface area (Å²) >= 11 is 0. The molecule has 2 heterocycles. The number of anilines is 1. The van der Waals surface area contributed by atoms with Crippen molar-refractivity contribution in [3.8, 4) is 5.75 Å². The molecule has 0 aliphatic heterocycles. The molecule has 1 N–H and O–H groups in total. The lowest BCUT2D eigenvalue weighted by Gasteiger charge is -2.08. The highest BCUT2D eigenvalue weighted by Crippen LogP contribution is 2.21. The van der Waals surface area contributed by atoms with Crippen molar-refractivity contribution in [2.24, 2.45) is 0 Å². The summed E-state index contributed by atoms with van der Waals surface area (Å²) in [5.41, 5.74) is 1.58. The molecular weight excluding hydrogens is 270 g/mol. The molecule has 3 rings (SSSR count). The maximum atomic E-state index is 12.2. The van der Waals surface area contributed by atoms with E-state index in [-0.39, 0.29) is 11.7 Å². The van der Waals surface area contributed by atoms with Gasteiger partial charge in [0.15, 0.2) is 0 Å². The van der Waals surface area contributed by atoms with Crippen molar-refractivity contribution in [2.45, 2.75) is 6.92 Å². The number of benzene rings is 1. The number of ether oxygens (including phenoxy) is 1. The quantitative estimate of drug-likeness (QED) is 0.791. The van der Waals surface area contributed by atoms with E-state index in [0.717, 1.165) is 11.3 Å². The van der Waals surface area contributed by atoms with Gasteiger partial charge >= 0.3 is 0 Å². The Labute approximate surface area is 120 Å². The number of carbonyl (C=O) groups excluding carboxylic acids is 1. The number of nitrogens with zero attached hydrogens (tertiary/aromatic N) is 4. The highest BCUT2D eigenvalue weighted by molar-refractivity contribution is 6.02. The van der Waals surface area contributed by atoms with Gasteiger partial charge in [0, 0.05) is 18.1 Å². The second kappa shape index (κ2) is 5.20. The molecule has 0 atom stereocenters. The van der Waals surface area contributed by atoms with Crippen LogP contribution >= 0.6 is 0 Å². The molecule has 0 fully saturated rings. The third-order valence-electron chi connectivity index (χ3n) is 3.00. The van der Waals surface area contributed by atoms with E-state index in [4.69, 9.17) is 4.74 Å². The zero-order valence-electron chi connectivity index (χ0n) is 11.6. The number of carbonyl (C=O) groups is 1. The lowest BCUT2D eigenvalue weighted by molar-refractivity contribution is 0.101. The number of aromatic nitrogens is 4. The normalized spacial score (nSPS) is 10.6. The minimum absolute atomic E-state index is 0.0731. The first kappa shape index (κ1) is 13.0. The van der Waals surface area contributed by atoms with Crippen molar-refractivity contribution in [2.75, 3.05) is 12.4 Å². The van der Waals surface area contributed by atoms with Crippen molar-refractivity contribution in [1.29, 1.82) is 0 Å². The van der Waals surface area contributed by atoms with Gasteiger partial charge in [0.05, 0.1) is 7.11 Å². The average Bonchev–Trinajstić information content (AvgIpc) is 2.93. The van der Waals surface area contributed by atoms with Crippen LogP contribution in [-0.4, -0.2) is 32.6 Å². The molecule has 1 aromatic carbocycles. The minimum atomic E-state index is -0.381. The van der Waals surface area contributed by atoms with E-state index >= 15 is 0 Å². The van der Waals surface area contributed by atoms with Gasteiger partial charge in [0.25, 0.3) is 11.7 Å². The van der Waals surface area contributed by atoms with Crippen molar-refractivity contribution in [3.05, 3.63) is 48.0 Å². The molecule has 0 radical (unpaired) electrons. The van der Waals surface area contributed by atoms with Gasteiger partial charge in [-0.2, -0.15) is 4.98 Å². The number of hydrogen-bond donors (Lipinski definition) is 1. The maximum Gasteiger partial charge on any atom is 0.295 e. The van der Waals surface area contributed by atoms with Crippen LogP contribution in [0.15, 0.2) is 36.7 Å². The smallest absolute Gasteiger partial charge is 0.295 e. The molecular formula is C14H13N5O2. The summed E-state index contributed by atoms with van der Waals surface area (Å²) in [7, 11) is 1.60. The Kier molecular flexibility index (Phi) is 3.23. The van der Waals surface area contributed by atoms with Crippen molar-refractivity contribution in [1.82, 2.24) is 19.6 Å². The number of aryl methyl sites for hydroxylation is 1. The second-order valence-electron chi connectivity index (χ2n) is 4.43. The number of hydrogen-bond acceptors (Lipinski definition) is 5. The summed E-state index contributed by atoms with van der Waals surface area (Å²) in [6.45, 7) is 1.89. The van der Waals surface area contributed by atoms with Gasteiger partial charge in [-0.15, -0.1) is 5.10 Å². The Hall–Kier alpha value is -2.96. The molecule has 0 bridgehead atoms. The molecule has 7 nitrogen and oxygen atoms in total. The average molecular weight is 283 g/mol. The zero-order chi connectivity index (χ0) is 14.8. The first-order valence-electron chi connectivity index (χ1n) is 6.31. The summed E-state index contributed by atoms with van der Waals surface area (Å²) in [5, 5.41) is 6.86. The highest BCUT2D eigenvalue weighted by atomic mass is 16.5. The fraction of sp³-hybridized carbons (Fsp3) is 0.143. The van der Waals surface area contributed by atoms with Crippen LogP contribution in [-0.2, 0) is 0 Å². The summed E-state index contributed by atoms with van der Waals surface area (Å²) < 4.78 is 6.58. The van der Waals surface area contributed by atoms with Crippen LogP contribution in [0.5, 0.6) is 5.75 Å². The Morgan fingerprint density at radius 3 is 2.95 bits per heavy atom. The molecule has 0 saturated carbocycles. The van der Waals surface area contributed by atoms with E-state index in [9.17, 15) is 4.79 Å². The maximum absolute atomic E-state index is 12.2. The number of amides is 1. The van der Waals surface area contributed by atoms with Crippen LogP contribution in [0.2, 0.25) is 0 Å². The third-order valence-corrected chi connectivity index (χ3v) is 3.00. The fourth-order valence-corrected chi connectivity index (χ4v) is 1.91. The Morgan fingerprint density at radius 2 is 2.24 bits per heavy atom. The monoisotopic (exact) mass is 283 g/mol. The summed E-state index contributed by atoms with van der Waals surface area (Å²) in [4.78, 5) is 20.3. The number of fused-ring (bicyclic) bond motifs is 1. The lowest BCUT2D eigenvalue weighted by atomic mass is 10.2. The molecule has 0 unspecified atom stereocenters. The first-order valence-corrected chi connectivity index (χ1v) is 6.31. The molecule has 0 saturated heterocycles. The largest absolute Gasteiger partial charge is 0.497 e. The Balaban J connectivity index is 1.85. The molecule has 106 valence electrons. The van der Waals surface area contributed by atoms with Crippen LogP contribution in [0, 0.1) is 6.92 Å². The number of nitrogens with one attached hydrogen (secondary N) is 1. The van der Waals surface area contributed by atoms with E-state index in [1.807, 2.05) is 13.0 Å². The van der Waals surface area contributed by atoms with E-state index in [0.29, 0.717) is 11.5 Å². The van der Waals surface area contributed by atoms with Gasteiger partial charge in [-0.25, -0.2) is 9.50 Å². The fourth-order valence-electron chi connectivity index (χ4n) is 1.91. The van der Waals surface area contributed by atoms with E-state index in [2.05, 4.69) is 20.4 Å². The van der Waals surface area contributed by atoms with E-state index < -0.39 is 0 Å². The van der Waals surface area contributed by atoms with Gasteiger partial charge in [0.2, 0.25) is 5.82 Å². The van der Waals surface area contributed by atoms with E-state index in [1.165, 1.54) is 4.52 Å². The van der Waals surface area contributed by atoms with Crippen LogP contribution in [0.3, 0.4) is 0 Å². The van der Waals surface area contributed by atoms with Crippen LogP contribution in [0.4, 0.5) is 5.69 Å². The molecule has 21 heavy (non-hydrogen) atoms. The molecule has 3 aromatic rings. The van der Waals surface area contributed by atoms with Crippen molar-refractivity contribution >= 4 is 17.4 Å². The van der Waals surface area contributed by atoms with Gasteiger partial charge in [-0.05, 0) is 36.8 Å². The third kappa shape index (κ3) is 2.53. The second-order valence-corrected chi connectivity index (χ2v) is 4.43. The van der Waals surface area contributed by atoms with Crippen LogP contribution < -0.4 is 10.1 Å². The number of rotatable bonds is 3. The topological polar surface area (TPSA) is 81.4 Å². The predicted octanol–water partition coefficient (Wildman–Crippen LogP) is 1.69. The molecule has 7 heteroatoms. The molecule has 1 amide bonds. The van der Waals surface area contributed by atoms with Gasteiger partial charge in [-0.3, -0.25) is 4.79 Å². The minimum Gasteiger partial charge on any atom is -0.497 e. The van der Waals surface area contributed by atoms with Gasteiger partial charge in [0.1, 0.15) is 5.75 Å². The van der Waals surface area contributed by atoms with Crippen LogP contribution in [0.1, 0.15) is 16.2 Å². The molecule has 0 spiro atoms. The Morgan fingerprint density at radius 1 is 1.38 bits per heavy atom. The van der Waals surface area contributed by atoms with Crippen molar-refractivity contribution in [3.63, 3.8) is 0 Å². The predicted molar refractivity (Wildman–Crippen MR) is 76.5 cm³/mol. The zero-order valence-corrected chi connectivity index (χ0v) is 11.6. The number of methoxy groups -OCH3 is 1. The molecule has 2 aromatic heterocycles. The van der Waals surface area contributed by atoms with Gasteiger partial charge in [-0.1, -0.05) is 0 Å². The Bertz CT molecular complexity index is 779. The summed E-state index contributed by atoms with van der Waals surface area (Å²) in [5.74, 6) is 0.812. The van der Waals surface area contributed by atoms with Crippen LogP contribution in [0.25, 0.3) is 5.78 Å². The SMILES string of the molecule is COc1ccc(NC(=O)c2nc3ncccn3n2)c(C)c1. The van der Waals surface area contributed by atoms with E-state index in [1.54, 1.807) is 37.7 Å². The standard InChI is InChI=1S/C14H13N5O2/c1-9-8-10(21-2)4-5-11(9)16-13(20)12-17-14-15-6-3-7-19(14)18-12/h3-8H,1-2H3,(H,16,20). The van der Waals surface area contributed by atoms with Gasteiger partial charge < -0.3 is 10.1 Å². The molecule has 0 aliphatic rings. The van der Waals surface area contributed by atoms with Crippen molar-refractivity contribution < 1.29 is 9.53 Å². The lowest BCUT2D eigenvalue weighted by Crippen LogP contribution is -2.14. The highest BCUT2D eigenvalue weighted by Gasteiger charge is 2.14. The summed E-state index contributed by atoms with van der Waals surface area (Å²) in [6.07, 6.45) is 3.28. The summed E-state index contributed by atoms with van der Waals surface area (Å²) in [6, 6.07) is 7.12. The molecule has 0 aliphatic carbocycles.